The van der Waals surface area contributed by atoms with Crippen molar-refractivity contribution in [2.24, 2.45) is 0 Å². The Morgan fingerprint density at radius 3 is 2.45 bits per heavy atom. The van der Waals surface area contributed by atoms with Gasteiger partial charge in [0, 0.05) is 5.69 Å². The summed E-state index contributed by atoms with van der Waals surface area (Å²) in [6, 6.07) is 11.5. The van der Waals surface area contributed by atoms with E-state index in [-0.39, 0.29) is 21.5 Å². The summed E-state index contributed by atoms with van der Waals surface area (Å²) >= 11 is 11.8. The van der Waals surface area contributed by atoms with Crippen molar-refractivity contribution in [1.82, 2.24) is 0 Å². The van der Waals surface area contributed by atoms with E-state index in [1.807, 2.05) is 0 Å². The number of nitrogens with two attached hydrogens (primary N) is 1. The summed E-state index contributed by atoms with van der Waals surface area (Å²) in [6.07, 6.45) is 0. The minimum Gasteiger partial charge on any atom is -0.398 e. The van der Waals surface area contributed by atoms with Gasteiger partial charge in [-0.15, -0.1) is 0 Å². The van der Waals surface area contributed by atoms with Crippen molar-refractivity contribution in [3.05, 3.63) is 58.1 Å². The molecule has 7 heteroatoms. The normalized spacial score (nSPS) is 11.3. The lowest BCUT2D eigenvalue weighted by atomic mass is 10.2. The van der Waals surface area contributed by atoms with Crippen LogP contribution in [0.4, 0.5) is 11.4 Å². The molecule has 0 spiro atoms. The molecule has 2 aromatic rings. The van der Waals surface area contributed by atoms with Crippen LogP contribution in [-0.4, -0.2) is 8.42 Å². The van der Waals surface area contributed by atoms with Crippen LogP contribution in [-0.2, 0) is 15.8 Å². The van der Waals surface area contributed by atoms with E-state index in [4.69, 9.17) is 28.9 Å². The standard InChI is InChI=1S/C13H12Cl2N2O2S/c14-10-5-3-7-12(13(10)15)17-20(18,19)8-9-4-1-2-6-11(9)16/h1-7,17H,8,16H2. The Bertz CT molecular complexity index is 733. The van der Waals surface area contributed by atoms with E-state index in [1.54, 1.807) is 42.5 Å². The summed E-state index contributed by atoms with van der Waals surface area (Å²) in [5, 5.41) is 0.449. The molecule has 0 amide bonds. The van der Waals surface area contributed by atoms with Gasteiger partial charge in [-0.05, 0) is 23.8 Å². The first-order valence-corrected chi connectivity index (χ1v) is 8.08. The van der Waals surface area contributed by atoms with Crippen LogP contribution in [0, 0.1) is 0 Å². The van der Waals surface area contributed by atoms with E-state index < -0.39 is 10.0 Å². The Kier molecular flexibility index (Phi) is 4.42. The second-order valence-electron chi connectivity index (χ2n) is 4.16. The molecular formula is C13H12Cl2N2O2S. The maximum absolute atomic E-state index is 12.1. The van der Waals surface area contributed by atoms with Crippen molar-refractivity contribution in [2.45, 2.75) is 5.75 Å². The first-order valence-electron chi connectivity index (χ1n) is 5.67. The lowest BCUT2D eigenvalue weighted by Crippen LogP contribution is -2.16. The van der Waals surface area contributed by atoms with E-state index in [0.717, 1.165) is 0 Å². The van der Waals surface area contributed by atoms with Gasteiger partial charge < -0.3 is 5.73 Å². The zero-order valence-corrected chi connectivity index (χ0v) is 12.6. The minimum absolute atomic E-state index is 0.166. The van der Waals surface area contributed by atoms with Crippen LogP contribution in [0.5, 0.6) is 0 Å². The van der Waals surface area contributed by atoms with Crippen molar-refractivity contribution < 1.29 is 8.42 Å². The molecular weight excluding hydrogens is 319 g/mol. The van der Waals surface area contributed by atoms with Gasteiger partial charge in [-0.1, -0.05) is 47.5 Å². The van der Waals surface area contributed by atoms with E-state index in [1.165, 1.54) is 0 Å². The van der Waals surface area contributed by atoms with Crippen molar-refractivity contribution in [3.63, 3.8) is 0 Å². The Morgan fingerprint density at radius 2 is 1.75 bits per heavy atom. The molecule has 0 aliphatic heterocycles. The van der Waals surface area contributed by atoms with Gasteiger partial charge in [0.1, 0.15) is 0 Å². The Hall–Kier alpha value is -1.43. The Morgan fingerprint density at radius 1 is 1.05 bits per heavy atom. The average Bonchev–Trinajstić information content (AvgIpc) is 2.37. The quantitative estimate of drug-likeness (QED) is 0.842. The number of para-hydroxylation sites is 1. The van der Waals surface area contributed by atoms with Gasteiger partial charge >= 0.3 is 0 Å². The molecule has 2 rings (SSSR count). The maximum Gasteiger partial charge on any atom is 0.237 e. The highest BCUT2D eigenvalue weighted by Crippen LogP contribution is 2.30. The highest BCUT2D eigenvalue weighted by molar-refractivity contribution is 7.91. The number of halogens is 2. The molecule has 0 aliphatic rings. The van der Waals surface area contributed by atoms with Gasteiger partial charge in [-0.2, -0.15) is 0 Å². The first kappa shape index (κ1) is 15.0. The largest absolute Gasteiger partial charge is 0.398 e. The van der Waals surface area contributed by atoms with Gasteiger partial charge in [0.15, 0.2) is 0 Å². The number of hydrogen-bond donors (Lipinski definition) is 2. The fourth-order valence-electron chi connectivity index (χ4n) is 1.66. The van der Waals surface area contributed by atoms with Crippen LogP contribution in [0.3, 0.4) is 0 Å². The van der Waals surface area contributed by atoms with Gasteiger partial charge in [-0.25, -0.2) is 8.42 Å². The topological polar surface area (TPSA) is 72.2 Å². The molecule has 4 nitrogen and oxygen atoms in total. The zero-order valence-electron chi connectivity index (χ0n) is 10.3. The number of rotatable bonds is 4. The minimum atomic E-state index is -3.62. The fourth-order valence-corrected chi connectivity index (χ4v) is 3.31. The number of benzene rings is 2. The number of nitrogens with one attached hydrogen (secondary N) is 1. The summed E-state index contributed by atoms with van der Waals surface area (Å²) < 4.78 is 26.6. The summed E-state index contributed by atoms with van der Waals surface area (Å²) in [5.41, 5.74) is 6.93. The van der Waals surface area contributed by atoms with Crippen LogP contribution in [0.15, 0.2) is 42.5 Å². The predicted molar refractivity (Wildman–Crippen MR) is 83.6 cm³/mol. The van der Waals surface area contributed by atoms with Gasteiger partial charge in [0.25, 0.3) is 0 Å². The number of sulfonamides is 1. The zero-order chi connectivity index (χ0) is 14.8. The maximum atomic E-state index is 12.1. The van der Waals surface area contributed by atoms with Crippen LogP contribution in [0.2, 0.25) is 10.0 Å². The lowest BCUT2D eigenvalue weighted by Gasteiger charge is -2.11. The molecule has 2 aromatic carbocycles. The summed E-state index contributed by atoms with van der Waals surface area (Å²) in [5.74, 6) is -0.234. The van der Waals surface area contributed by atoms with Gasteiger partial charge in [0.05, 0.1) is 21.5 Å². The predicted octanol–water partition coefficient (Wildman–Crippen LogP) is 3.52. The van der Waals surface area contributed by atoms with Gasteiger partial charge in [0.2, 0.25) is 10.0 Å². The van der Waals surface area contributed by atoms with E-state index in [0.29, 0.717) is 11.3 Å². The molecule has 0 aromatic heterocycles. The molecule has 0 unspecified atom stereocenters. The third kappa shape index (κ3) is 3.56. The summed E-state index contributed by atoms with van der Waals surface area (Å²) in [7, 11) is -3.62. The van der Waals surface area contributed by atoms with Crippen LogP contribution >= 0.6 is 23.2 Å². The summed E-state index contributed by atoms with van der Waals surface area (Å²) in [6.45, 7) is 0. The second-order valence-corrected chi connectivity index (χ2v) is 6.67. The number of anilines is 2. The van der Waals surface area contributed by atoms with Gasteiger partial charge in [-0.3, -0.25) is 4.72 Å². The highest BCUT2D eigenvalue weighted by Gasteiger charge is 2.15. The molecule has 3 N–H and O–H groups in total. The number of hydrogen-bond acceptors (Lipinski definition) is 3. The number of nitrogen functional groups attached to an aromatic ring is 1. The van der Waals surface area contributed by atoms with Crippen molar-refractivity contribution >= 4 is 44.6 Å². The first-order chi connectivity index (χ1) is 9.39. The lowest BCUT2D eigenvalue weighted by molar-refractivity contribution is 0.600. The molecule has 20 heavy (non-hydrogen) atoms. The molecule has 0 aliphatic carbocycles. The van der Waals surface area contributed by atoms with Crippen LogP contribution in [0.25, 0.3) is 0 Å². The van der Waals surface area contributed by atoms with E-state index in [9.17, 15) is 8.42 Å². The molecule has 0 heterocycles. The fraction of sp³-hybridized carbons (Fsp3) is 0.0769. The Balaban J connectivity index is 2.24. The second kappa shape index (κ2) is 5.91. The summed E-state index contributed by atoms with van der Waals surface area (Å²) in [4.78, 5) is 0. The van der Waals surface area contributed by atoms with E-state index >= 15 is 0 Å². The van der Waals surface area contributed by atoms with Crippen molar-refractivity contribution in [3.8, 4) is 0 Å². The SMILES string of the molecule is Nc1ccccc1CS(=O)(=O)Nc1cccc(Cl)c1Cl. The third-order valence-corrected chi connectivity index (χ3v) is 4.66. The molecule has 0 bridgehead atoms. The highest BCUT2D eigenvalue weighted by atomic mass is 35.5. The van der Waals surface area contributed by atoms with Crippen LogP contribution in [0.1, 0.15) is 5.56 Å². The smallest absolute Gasteiger partial charge is 0.237 e. The Labute approximate surface area is 127 Å². The molecule has 106 valence electrons. The van der Waals surface area contributed by atoms with Crippen molar-refractivity contribution in [2.75, 3.05) is 10.5 Å². The molecule has 0 radical (unpaired) electrons. The molecule has 0 atom stereocenters. The van der Waals surface area contributed by atoms with E-state index in [2.05, 4.69) is 4.72 Å². The third-order valence-electron chi connectivity index (χ3n) is 2.62. The average molecular weight is 331 g/mol. The van der Waals surface area contributed by atoms with Crippen molar-refractivity contribution in [1.29, 1.82) is 0 Å². The monoisotopic (exact) mass is 330 g/mol. The molecule has 0 saturated carbocycles. The van der Waals surface area contributed by atoms with Crippen LogP contribution < -0.4 is 10.5 Å². The molecule has 0 saturated heterocycles. The molecule has 0 fully saturated rings.